The van der Waals surface area contributed by atoms with Crippen LogP contribution in [-0.2, 0) is 21.4 Å². The summed E-state index contributed by atoms with van der Waals surface area (Å²) in [4.78, 5) is 13.3. The average Bonchev–Trinajstić information content (AvgIpc) is 3.12. The summed E-state index contributed by atoms with van der Waals surface area (Å²) in [6.07, 6.45) is 0.645. The molecular weight excluding hydrogens is 417 g/mol. The van der Waals surface area contributed by atoms with Gasteiger partial charge in [0.15, 0.2) is 0 Å². The standard InChI is InChI=1S/C20H23ClFN3O3S/c1-14(26)23-15-6-8-17(9-7-15)29(27,28)24(2)16-10-11-25(12-16)13-18-19(21)4-3-5-20(18)22/h3-9,16H,10-13H2,1-2H3,(H,23,26). The Morgan fingerprint density at radius 1 is 1.28 bits per heavy atom. The van der Waals surface area contributed by atoms with Gasteiger partial charge in [-0.05, 0) is 42.8 Å². The first-order chi connectivity index (χ1) is 13.7. The molecule has 6 nitrogen and oxygen atoms in total. The molecule has 1 heterocycles. The van der Waals surface area contributed by atoms with E-state index in [1.54, 1.807) is 31.3 Å². The minimum atomic E-state index is -3.69. The van der Waals surface area contributed by atoms with Crippen molar-refractivity contribution in [2.75, 3.05) is 25.5 Å². The molecule has 2 aromatic rings. The summed E-state index contributed by atoms with van der Waals surface area (Å²) >= 11 is 6.10. The van der Waals surface area contributed by atoms with Crippen molar-refractivity contribution in [3.63, 3.8) is 0 Å². The highest BCUT2D eigenvalue weighted by atomic mass is 35.5. The highest BCUT2D eigenvalue weighted by Gasteiger charge is 2.33. The lowest BCUT2D eigenvalue weighted by Gasteiger charge is -2.24. The number of rotatable bonds is 6. The molecule has 3 rings (SSSR count). The number of hydrogen-bond donors (Lipinski definition) is 1. The van der Waals surface area contributed by atoms with E-state index in [1.165, 1.54) is 29.4 Å². The summed E-state index contributed by atoms with van der Waals surface area (Å²) in [7, 11) is -2.13. The number of carbonyl (C=O) groups excluding carboxylic acids is 1. The summed E-state index contributed by atoms with van der Waals surface area (Å²) in [5.41, 5.74) is 0.960. The molecule has 0 spiro atoms. The third kappa shape index (κ3) is 4.95. The Kier molecular flexibility index (Phi) is 6.58. The summed E-state index contributed by atoms with van der Waals surface area (Å²) in [5, 5.41) is 2.98. The lowest BCUT2D eigenvalue weighted by Crippen LogP contribution is -2.38. The van der Waals surface area contributed by atoms with Crippen molar-refractivity contribution in [2.45, 2.75) is 30.8 Å². The molecule has 1 aliphatic heterocycles. The molecule has 29 heavy (non-hydrogen) atoms. The molecular formula is C20H23ClFN3O3S. The number of likely N-dealkylation sites (N-methyl/N-ethyl adjacent to an activating group) is 1. The number of hydrogen-bond acceptors (Lipinski definition) is 4. The van der Waals surface area contributed by atoms with Gasteiger partial charge in [-0.3, -0.25) is 9.69 Å². The zero-order valence-corrected chi connectivity index (χ0v) is 17.8. The molecule has 1 amide bonds. The van der Waals surface area contributed by atoms with E-state index < -0.39 is 10.0 Å². The predicted octanol–water partition coefficient (Wildman–Crippen LogP) is 3.33. The highest BCUT2D eigenvalue weighted by Crippen LogP contribution is 2.26. The average molecular weight is 440 g/mol. The van der Waals surface area contributed by atoms with Gasteiger partial charge in [-0.25, -0.2) is 12.8 Å². The van der Waals surface area contributed by atoms with E-state index in [2.05, 4.69) is 5.32 Å². The molecule has 1 atom stereocenters. The minimum Gasteiger partial charge on any atom is -0.326 e. The second kappa shape index (κ2) is 8.79. The third-order valence-corrected chi connectivity index (χ3v) is 7.34. The fraction of sp³-hybridized carbons (Fsp3) is 0.350. The molecule has 0 saturated carbocycles. The topological polar surface area (TPSA) is 69.7 Å². The van der Waals surface area contributed by atoms with Crippen molar-refractivity contribution >= 4 is 33.2 Å². The largest absolute Gasteiger partial charge is 0.326 e. The number of nitrogens with zero attached hydrogens (tertiary/aromatic N) is 2. The van der Waals surface area contributed by atoms with Gasteiger partial charge in [-0.1, -0.05) is 17.7 Å². The third-order valence-electron chi connectivity index (χ3n) is 5.06. The normalized spacial score (nSPS) is 17.6. The number of sulfonamides is 1. The second-order valence-electron chi connectivity index (χ2n) is 7.10. The van der Waals surface area contributed by atoms with Crippen molar-refractivity contribution in [3.05, 3.63) is 58.9 Å². The quantitative estimate of drug-likeness (QED) is 0.749. The number of amides is 1. The molecule has 0 aromatic heterocycles. The van der Waals surface area contributed by atoms with E-state index in [1.807, 2.05) is 4.90 Å². The first-order valence-electron chi connectivity index (χ1n) is 9.19. The Morgan fingerprint density at radius 2 is 1.97 bits per heavy atom. The number of nitrogens with one attached hydrogen (secondary N) is 1. The van der Waals surface area contributed by atoms with Crippen molar-refractivity contribution < 1.29 is 17.6 Å². The van der Waals surface area contributed by atoms with Crippen LogP contribution in [0.4, 0.5) is 10.1 Å². The maximum atomic E-state index is 14.0. The van der Waals surface area contributed by atoms with Crippen LogP contribution in [0.1, 0.15) is 18.9 Å². The molecule has 156 valence electrons. The van der Waals surface area contributed by atoms with E-state index in [9.17, 15) is 17.6 Å². The lowest BCUT2D eigenvalue weighted by molar-refractivity contribution is -0.114. The SMILES string of the molecule is CC(=O)Nc1ccc(S(=O)(=O)N(C)C2CCN(Cc3c(F)cccc3Cl)C2)cc1. The van der Waals surface area contributed by atoms with Gasteiger partial charge in [-0.2, -0.15) is 4.31 Å². The van der Waals surface area contributed by atoms with Crippen LogP contribution in [0.25, 0.3) is 0 Å². The van der Waals surface area contributed by atoms with Gasteiger partial charge in [0.05, 0.1) is 4.90 Å². The van der Waals surface area contributed by atoms with Gasteiger partial charge in [-0.15, -0.1) is 0 Å². The fourth-order valence-corrected chi connectivity index (χ4v) is 5.04. The summed E-state index contributed by atoms with van der Waals surface area (Å²) in [6, 6.07) is 10.4. The number of benzene rings is 2. The summed E-state index contributed by atoms with van der Waals surface area (Å²) in [5.74, 6) is -0.583. The monoisotopic (exact) mass is 439 g/mol. The van der Waals surface area contributed by atoms with E-state index in [4.69, 9.17) is 11.6 Å². The Balaban J connectivity index is 1.68. The molecule has 9 heteroatoms. The van der Waals surface area contributed by atoms with Gasteiger partial charge in [0, 0.05) is 55.9 Å². The molecule has 1 saturated heterocycles. The van der Waals surface area contributed by atoms with E-state index in [-0.39, 0.29) is 22.7 Å². The molecule has 1 N–H and O–H groups in total. The van der Waals surface area contributed by atoms with Gasteiger partial charge in [0.1, 0.15) is 5.82 Å². The van der Waals surface area contributed by atoms with Gasteiger partial charge < -0.3 is 5.32 Å². The Hall–Kier alpha value is -2.00. The lowest BCUT2D eigenvalue weighted by atomic mass is 10.2. The zero-order valence-electron chi connectivity index (χ0n) is 16.2. The first kappa shape index (κ1) is 21.7. The number of carbonyl (C=O) groups is 1. The molecule has 1 fully saturated rings. The van der Waals surface area contributed by atoms with Crippen molar-refractivity contribution in [1.29, 1.82) is 0 Å². The molecule has 2 aromatic carbocycles. The molecule has 0 bridgehead atoms. The van der Waals surface area contributed by atoms with Crippen molar-refractivity contribution in [1.82, 2.24) is 9.21 Å². The first-order valence-corrected chi connectivity index (χ1v) is 11.0. The predicted molar refractivity (Wildman–Crippen MR) is 111 cm³/mol. The van der Waals surface area contributed by atoms with Crippen LogP contribution < -0.4 is 5.32 Å². The van der Waals surface area contributed by atoms with Crippen LogP contribution in [0.5, 0.6) is 0 Å². The van der Waals surface area contributed by atoms with Crippen LogP contribution in [-0.4, -0.2) is 49.7 Å². The van der Waals surface area contributed by atoms with Gasteiger partial charge in [0.25, 0.3) is 0 Å². The van der Waals surface area contributed by atoms with Crippen molar-refractivity contribution in [2.24, 2.45) is 0 Å². The number of anilines is 1. The molecule has 1 aliphatic rings. The van der Waals surface area contributed by atoms with Gasteiger partial charge >= 0.3 is 0 Å². The summed E-state index contributed by atoms with van der Waals surface area (Å²) < 4.78 is 41.3. The summed E-state index contributed by atoms with van der Waals surface area (Å²) in [6.45, 7) is 2.86. The highest BCUT2D eigenvalue weighted by molar-refractivity contribution is 7.89. The van der Waals surface area contributed by atoms with E-state index >= 15 is 0 Å². The number of likely N-dealkylation sites (tertiary alicyclic amines) is 1. The van der Waals surface area contributed by atoms with Crippen LogP contribution in [0.15, 0.2) is 47.4 Å². The number of halogens is 2. The molecule has 0 radical (unpaired) electrons. The van der Waals surface area contributed by atoms with Gasteiger partial charge in [0.2, 0.25) is 15.9 Å². The van der Waals surface area contributed by atoms with Crippen LogP contribution in [0.3, 0.4) is 0 Å². The van der Waals surface area contributed by atoms with E-state index in [0.29, 0.717) is 42.3 Å². The zero-order chi connectivity index (χ0) is 21.2. The smallest absolute Gasteiger partial charge is 0.243 e. The molecule has 0 aliphatic carbocycles. The Labute approximate surface area is 175 Å². The maximum Gasteiger partial charge on any atom is 0.243 e. The maximum absolute atomic E-state index is 14.0. The second-order valence-corrected chi connectivity index (χ2v) is 9.51. The minimum absolute atomic E-state index is 0.157. The molecule has 1 unspecified atom stereocenters. The van der Waals surface area contributed by atoms with Crippen LogP contribution >= 0.6 is 11.6 Å². The Bertz CT molecular complexity index is 978. The van der Waals surface area contributed by atoms with Crippen LogP contribution in [0, 0.1) is 5.82 Å². The van der Waals surface area contributed by atoms with E-state index in [0.717, 1.165) is 0 Å². The van der Waals surface area contributed by atoms with Crippen molar-refractivity contribution in [3.8, 4) is 0 Å². The Morgan fingerprint density at radius 3 is 2.59 bits per heavy atom. The fourth-order valence-electron chi connectivity index (χ4n) is 3.44. The van der Waals surface area contributed by atoms with Crippen LogP contribution in [0.2, 0.25) is 5.02 Å².